The van der Waals surface area contributed by atoms with Crippen LogP contribution in [-0.2, 0) is 16.0 Å². The first-order chi connectivity index (χ1) is 16.9. The fourth-order valence-corrected chi connectivity index (χ4v) is 4.73. The third-order valence-corrected chi connectivity index (χ3v) is 6.82. The molecule has 0 radical (unpaired) electrons. The van der Waals surface area contributed by atoms with Gasteiger partial charge in [0.2, 0.25) is 11.8 Å². The van der Waals surface area contributed by atoms with E-state index in [0.717, 1.165) is 5.56 Å². The zero-order valence-corrected chi connectivity index (χ0v) is 20.5. The van der Waals surface area contributed by atoms with Crippen molar-refractivity contribution in [3.8, 4) is 5.75 Å². The van der Waals surface area contributed by atoms with Gasteiger partial charge in [0.25, 0.3) is 0 Å². The molecule has 2 amide bonds. The molecule has 0 unspecified atom stereocenters. The van der Waals surface area contributed by atoms with Gasteiger partial charge in [-0.1, -0.05) is 35.5 Å². The van der Waals surface area contributed by atoms with Crippen molar-refractivity contribution < 1.29 is 18.7 Å². The molecule has 35 heavy (non-hydrogen) atoms. The number of carbonyl (C=O) groups is 2. The Hall–Kier alpha value is -3.36. The van der Waals surface area contributed by atoms with Gasteiger partial charge >= 0.3 is 0 Å². The molecule has 4 rings (SSSR count). The quantitative estimate of drug-likeness (QED) is 0.442. The van der Waals surface area contributed by atoms with E-state index in [9.17, 15) is 14.0 Å². The topological polar surface area (TPSA) is 71.0 Å². The average Bonchev–Trinajstić information content (AvgIpc) is 2.86. The number of halogens is 2. The summed E-state index contributed by atoms with van der Waals surface area (Å²) in [6.45, 7) is 0.411. The molecule has 1 atom stereocenters. The predicted molar refractivity (Wildman–Crippen MR) is 138 cm³/mol. The van der Waals surface area contributed by atoms with Crippen LogP contribution in [0, 0.1) is 5.82 Å². The predicted octanol–water partition coefficient (Wildman–Crippen LogP) is 5.69. The number of nitrogens with zero attached hydrogens (tertiary/aromatic N) is 2. The van der Waals surface area contributed by atoms with Crippen LogP contribution < -0.4 is 10.1 Å². The summed E-state index contributed by atoms with van der Waals surface area (Å²) in [5, 5.41) is 3.18. The lowest BCUT2D eigenvalue weighted by Gasteiger charge is -2.32. The Labute approximate surface area is 212 Å². The molecule has 6 nitrogen and oxygen atoms in total. The molecule has 1 fully saturated rings. The van der Waals surface area contributed by atoms with E-state index >= 15 is 0 Å². The number of nitrogens with one attached hydrogen (secondary N) is 1. The second-order valence-electron chi connectivity index (χ2n) is 7.82. The highest BCUT2D eigenvalue weighted by molar-refractivity contribution is 8.15. The number of aliphatic imine (C=N–C) groups is 1. The zero-order chi connectivity index (χ0) is 24.8. The first-order valence-electron chi connectivity index (χ1n) is 10.9. The maximum atomic E-state index is 13.2. The number of ether oxygens (including phenoxy) is 1. The second kappa shape index (κ2) is 11.4. The van der Waals surface area contributed by atoms with Crippen LogP contribution in [0.2, 0.25) is 5.02 Å². The molecule has 1 N–H and O–H groups in total. The first kappa shape index (κ1) is 24.8. The van der Waals surface area contributed by atoms with Gasteiger partial charge in [0.05, 0.1) is 12.8 Å². The summed E-state index contributed by atoms with van der Waals surface area (Å²) < 4.78 is 18.4. The van der Waals surface area contributed by atoms with Crippen molar-refractivity contribution in [2.24, 2.45) is 4.99 Å². The van der Waals surface area contributed by atoms with Crippen molar-refractivity contribution in [2.45, 2.75) is 18.1 Å². The fraction of sp³-hybridized carbons (Fsp3) is 0.192. The number of thioether (sulfide) groups is 1. The molecule has 9 heteroatoms. The van der Waals surface area contributed by atoms with E-state index in [1.54, 1.807) is 36.3 Å². The summed E-state index contributed by atoms with van der Waals surface area (Å²) in [4.78, 5) is 32.4. The number of carbonyl (C=O) groups excluding carboxylic acids is 2. The molecule has 1 saturated heterocycles. The Balaban J connectivity index is 1.54. The summed E-state index contributed by atoms with van der Waals surface area (Å²) >= 11 is 7.21. The highest BCUT2D eigenvalue weighted by atomic mass is 35.5. The van der Waals surface area contributed by atoms with Gasteiger partial charge in [-0.3, -0.25) is 14.5 Å². The molecule has 3 aromatic carbocycles. The minimum atomic E-state index is -0.670. The molecule has 0 spiro atoms. The average molecular weight is 512 g/mol. The number of benzene rings is 3. The molecule has 0 bridgehead atoms. The van der Waals surface area contributed by atoms with Gasteiger partial charge in [0, 0.05) is 23.7 Å². The van der Waals surface area contributed by atoms with Gasteiger partial charge in [-0.25, -0.2) is 9.38 Å². The van der Waals surface area contributed by atoms with Gasteiger partial charge in [-0.15, -0.1) is 0 Å². The third-order valence-electron chi connectivity index (χ3n) is 5.38. The molecular formula is C26H23ClFN3O3S. The summed E-state index contributed by atoms with van der Waals surface area (Å²) in [6, 6.07) is 20.1. The third kappa shape index (κ3) is 6.61. The number of amides is 2. The van der Waals surface area contributed by atoms with Gasteiger partial charge in [-0.2, -0.15) is 0 Å². The molecule has 1 heterocycles. The van der Waals surface area contributed by atoms with Crippen LogP contribution in [0.25, 0.3) is 0 Å². The number of amidine groups is 1. The van der Waals surface area contributed by atoms with Gasteiger partial charge in [0.1, 0.15) is 16.8 Å². The maximum absolute atomic E-state index is 13.2. The summed E-state index contributed by atoms with van der Waals surface area (Å²) in [6.07, 6.45) is 0.636. The monoisotopic (exact) mass is 511 g/mol. The molecular weight excluding hydrogens is 489 g/mol. The van der Waals surface area contributed by atoms with Crippen LogP contribution in [0.15, 0.2) is 77.8 Å². The van der Waals surface area contributed by atoms with Crippen LogP contribution in [0.4, 0.5) is 15.8 Å². The number of hydrogen-bond donors (Lipinski definition) is 1. The first-order valence-corrected chi connectivity index (χ1v) is 12.2. The van der Waals surface area contributed by atoms with E-state index < -0.39 is 11.1 Å². The molecule has 0 aliphatic carbocycles. The Morgan fingerprint density at radius 3 is 2.46 bits per heavy atom. The van der Waals surface area contributed by atoms with Crippen molar-refractivity contribution in [3.63, 3.8) is 0 Å². The van der Waals surface area contributed by atoms with Crippen molar-refractivity contribution in [1.29, 1.82) is 0 Å². The highest BCUT2D eigenvalue weighted by Crippen LogP contribution is 2.31. The largest absolute Gasteiger partial charge is 0.497 e. The van der Waals surface area contributed by atoms with Crippen LogP contribution in [-0.4, -0.2) is 40.8 Å². The van der Waals surface area contributed by atoms with E-state index in [-0.39, 0.29) is 18.2 Å². The molecule has 0 saturated carbocycles. The highest BCUT2D eigenvalue weighted by Gasteiger charge is 2.35. The second-order valence-corrected chi connectivity index (χ2v) is 9.43. The maximum Gasteiger partial charge on any atom is 0.238 e. The van der Waals surface area contributed by atoms with Crippen molar-refractivity contribution in [1.82, 2.24) is 4.90 Å². The molecule has 3 aromatic rings. The molecule has 0 aromatic heterocycles. The van der Waals surface area contributed by atoms with Crippen LogP contribution >= 0.6 is 23.4 Å². The standard InChI is InChI=1S/C26H23ClFN3O3S/c1-34-22-12-10-21(11-13-22)30-26-31(15-14-17-2-4-18(27)5-3-17)24(32)16-23(35-26)25(33)29-20-8-6-19(28)7-9-20/h2-13,23H,14-16H2,1H3,(H,29,33)/t23-/m0/s1. The normalized spacial score (nSPS) is 16.9. The zero-order valence-electron chi connectivity index (χ0n) is 18.9. The van der Waals surface area contributed by atoms with E-state index in [1.165, 1.54) is 36.0 Å². The lowest BCUT2D eigenvalue weighted by atomic mass is 10.1. The van der Waals surface area contributed by atoms with Crippen molar-refractivity contribution >= 4 is 51.7 Å². The number of methoxy groups -OCH3 is 1. The van der Waals surface area contributed by atoms with Crippen LogP contribution in [0.5, 0.6) is 5.75 Å². The summed E-state index contributed by atoms with van der Waals surface area (Å²) in [5.41, 5.74) is 2.13. The Morgan fingerprint density at radius 1 is 1.11 bits per heavy atom. The van der Waals surface area contributed by atoms with Crippen molar-refractivity contribution in [3.05, 3.63) is 89.2 Å². The summed E-state index contributed by atoms with van der Waals surface area (Å²) in [7, 11) is 1.58. The van der Waals surface area contributed by atoms with Crippen LogP contribution in [0.3, 0.4) is 0 Å². The van der Waals surface area contributed by atoms with E-state index in [1.807, 2.05) is 24.3 Å². The molecule has 1 aliphatic rings. The fourth-order valence-electron chi connectivity index (χ4n) is 3.48. The lowest BCUT2D eigenvalue weighted by molar-refractivity contribution is -0.129. The molecule has 180 valence electrons. The van der Waals surface area contributed by atoms with Crippen molar-refractivity contribution in [2.75, 3.05) is 19.0 Å². The Bertz CT molecular complexity index is 1220. The van der Waals surface area contributed by atoms with E-state index in [2.05, 4.69) is 10.3 Å². The minimum Gasteiger partial charge on any atom is -0.497 e. The van der Waals surface area contributed by atoms with Gasteiger partial charge in [-0.05, 0) is 72.6 Å². The Kier molecular flexibility index (Phi) is 8.05. The van der Waals surface area contributed by atoms with Gasteiger partial charge < -0.3 is 10.1 Å². The number of rotatable bonds is 7. The number of hydrogen-bond acceptors (Lipinski definition) is 5. The van der Waals surface area contributed by atoms with E-state index in [4.69, 9.17) is 16.3 Å². The number of anilines is 1. The summed E-state index contributed by atoms with van der Waals surface area (Å²) in [5.74, 6) is -0.230. The SMILES string of the molecule is COc1ccc(N=C2S[C@H](C(=O)Nc3ccc(F)cc3)CC(=O)N2CCc2ccc(Cl)cc2)cc1. The van der Waals surface area contributed by atoms with E-state index in [0.29, 0.717) is 40.3 Å². The lowest BCUT2D eigenvalue weighted by Crippen LogP contribution is -2.46. The van der Waals surface area contributed by atoms with Gasteiger partial charge in [0.15, 0.2) is 5.17 Å². The Morgan fingerprint density at radius 2 is 1.80 bits per heavy atom. The van der Waals surface area contributed by atoms with Crippen LogP contribution in [0.1, 0.15) is 12.0 Å². The minimum absolute atomic E-state index is 0.0277. The molecule has 1 aliphatic heterocycles. The smallest absolute Gasteiger partial charge is 0.238 e.